The normalized spacial score (nSPS) is 15.0. The molecule has 3 aromatic rings. The summed E-state index contributed by atoms with van der Waals surface area (Å²) in [7, 11) is 0. The van der Waals surface area contributed by atoms with Crippen LogP contribution < -0.4 is 5.32 Å². The summed E-state index contributed by atoms with van der Waals surface area (Å²) in [5.74, 6) is 0.927. The van der Waals surface area contributed by atoms with Crippen LogP contribution in [0, 0.1) is 0 Å². The summed E-state index contributed by atoms with van der Waals surface area (Å²) in [6.07, 6.45) is 1.91. The summed E-state index contributed by atoms with van der Waals surface area (Å²) in [6.45, 7) is 5.35. The van der Waals surface area contributed by atoms with Crippen LogP contribution in [0.5, 0.6) is 0 Å². The minimum absolute atomic E-state index is 0.927. The fourth-order valence-corrected chi connectivity index (χ4v) is 4.47. The Morgan fingerprint density at radius 3 is 2.44 bits per heavy atom. The monoisotopic (exact) mass is 375 g/mol. The first-order valence-electron chi connectivity index (χ1n) is 9.53. The Kier molecular flexibility index (Phi) is 6.20. The molecule has 1 N–H and O–H groups in total. The first-order valence-corrected chi connectivity index (χ1v) is 10.5. The summed E-state index contributed by atoms with van der Waals surface area (Å²) in [5, 5.41) is 4.57. The number of rotatable bonds is 6. The van der Waals surface area contributed by atoms with Gasteiger partial charge in [0.15, 0.2) is 0 Å². The van der Waals surface area contributed by atoms with E-state index in [1.54, 1.807) is 0 Å². The van der Waals surface area contributed by atoms with Crippen LogP contribution in [-0.2, 0) is 12.3 Å². The zero-order chi connectivity index (χ0) is 18.3. The van der Waals surface area contributed by atoms with Gasteiger partial charge in [-0.2, -0.15) is 0 Å². The van der Waals surface area contributed by atoms with E-state index in [0.29, 0.717) is 0 Å². The zero-order valence-electron chi connectivity index (χ0n) is 15.5. The van der Waals surface area contributed by atoms with Crippen LogP contribution in [0.25, 0.3) is 11.1 Å². The molecule has 1 fully saturated rings. The van der Waals surface area contributed by atoms with Crippen molar-refractivity contribution in [3.05, 3.63) is 84.1 Å². The molecule has 0 unspecified atom stereocenters. The molecule has 0 bridgehead atoms. The molecule has 0 amide bonds. The summed E-state index contributed by atoms with van der Waals surface area (Å²) < 4.78 is 0. The van der Waals surface area contributed by atoms with E-state index in [9.17, 15) is 0 Å². The minimum atomic E-state index is 0.927. The van der Waals surface area contributed by atoms with E-state index < -0.39 is 0 Å². The number of hydrogen-bond donors (Lipinski definition) is 1. The van der Waals surface area contributed by atoms with Crippen molar-refractivity contribution in [2.24, 2.45) is 0 Å². The van der Waals surface area contributed by atoms with E-state index in [2.05, 4.69) is 81.9 Å². The van der Waals surface area contributed by atoms with Crippen LogP contribution in [-0.4, -0.2) is 36.1 Å². The third kappa shape index (κ3) is 4.78. The molecule has 2 heterocycles. The van der Waals surface area contributed by atoms with Crippen molar-refractivity contribution >= 4 is 11.8 Å². The minimum Gasteiger partial charge on any atom is -0.314 e. The van der Waals surface area contributed by atoms with Crippen LogP contribution in [0.2, 0.25) is 0 Å². The molecule has 4 heteroatoms. The number of benzene rings is 2. The average molecular weight is 376 g/mol. The lowest BCUT2D eigenvalue weighted by atomic mass is 10.0. The second kappa shape index (κ2) is 9.18. The van der Waals surface area contributed by atoms with Crippen molar-refractivity contribution in [3.8, 4) is 11.1 Å². The summed E-state index contributed by atoms with van der Waals surface area (Å²) >= 11 is 1.84. The van der Waals surface area contributed by atoms with Crippen LogP contribution in [0.3, 0.4) is 0 Å². The smallest absolute Gasteiger partial charge is 0.101 e. The third-order valence-electron chi connectivity index (χ3n) is 4.92. The van der Waals surface area contributed by atoms with Gasteiger partial charge in [-0.3, -0.25) is 4.90 Å². The number of aromatic nitrogens is 1. The maximum Gasteiger partial charge on any atom is 0.101 e. The van der Waals surface area contributed by atoms with Crippen LogP contribution in [0.15, 0.2) is 78.0 Å². The largest absolute Gasteiger partial charge is 0.314 e. The molecular weight excluding hydrogens is 350 g/mol. The molecule has 1 aliphatic heterocycles. The molecule has 0 saturated carbocycles. The number of nitrogens with one attached hydrogen (secondary N) is 1. The predicted octanol–water partition coefficient (Wildman–Crippen LogP) is 4.45. The molecule has 1 aliphatic rings. The number of nitrogens with zero attached hydrogens (tertiary/aromatic N) is 2. The van der Waals surface area contributed by atoms with E-state index in [1.807, 2.05) is 18.0 Å². The van der Waals surface area contributed by atoms with Gasteiger partial charge in [0.1, 0.15) is 5.03 Å². The van der Waals surface area contributed by atoms with Gasteiger partial charge >= 0.3 is 0 Å². The quantitative estimate of drug-likeness (QED) is 0.645. The molecule has 0 spiro atoms. The Hall–Kier alpha value is -2.14. The molecule has 3 nitrogen and oxygen atoms in total. The second-order valence-electron chi connectivity index (χ2n) is 6.81. The maximum absolute atomic E-state index is 4.68. The average Bonchev–Trinajstić information content (AvgIpc) is 2.75. The van der Waals surface area contributed by atoms with Gasteiger partial charge in [-0.05, 0) is 28.3 Å². The van der Waals surface area contributed by atoms with E-state index in [4.69, 9.17) is 0 Å². The van der Waals surface area contributed by atoms with E-state index in [1.165, 1.54) is 22.3 Å². The lowest BCUT2D eigenvalue weighted by molar-refractivity contribution is 0.231. The number of piperazine rings is 1. The van der Waals surface area contributed by atoms with Crippen LogP contribution >= 0.6 is 11.8 Å². The van der Waals surface area contributed by atoms with Gasteiger partial charge in [-0.1, -0.05) is 60.7 Å². The van der Waals surface area contributed by atoms with Gasteiger partial charge in [0.05, 0.1) is 0 Å². The fraction of sp³-hybridized carbons (Fsp3) is 0.261. The maximum atomic E-state index is 4.68. The van der Waals surface area contributed by atoms with Gasteiger partial charge in [-0.25, -0.2) is 4.98 Å². The number of hydrogen-bond acceptors (Lipinski definition) is 4. The lowest BCUT2D eigenvalue weighted by Crippen LogP contribution is -2.42. The highest BCUT2D eigenvalue weighted by molar-refractivity contribution is 7.98. The first kappa shape index (κ1) is 18.2. The van der Waals surface area contributed by atoms with Crippen molar-refractivity contribution in [1.29, 1.82) is 0 Å². The van der Waals surface area contributed by atoms with Gasteiger partial charge in [-0.15, -0.1) is 11.8 Å². The predicted molar refractivity (Wildman–Crippen MR) is 114 cm³/mol. The summed E-state index contributed by atoms with van der Waals surface area (Å²) in [5.41, 5.74) is 5.27. The van der Waals surface area contributed by atoms with Gasteiger partial charge in [0, 0.05) is 44.7 Å². The SMILES string of the molecule is c1ccc(-c2ccccc2CSc2ncccc2CN2CCNCC2)cc1. The molecule has 1 aromatic heterocycles. The Morgan fingerprint density at radius 2 is 1.59 bits per heavy atom. The molecule has 27 heavy (non-hydrogen) atoms. The Balaban J connectivity index is 1.50. The number of thioether (sulfide) groups is 1. The van der Waals surface area contributed by atoms with E-state index in [0.717, 1.165) is 43.5 Å². The van der Waals surface area contributed by atoms with Gasteiger partial charge in [0.2, 0.25) is 0 Å². The Morgan fingerprint density at radius 1 is 0.852 bits per heavy atom. The zero-order valence-corrected chi connectivity index (χ0v) is 16.3. The van der Waals surface area contributed by atoms with Crippen molar-refractivity contribution < 1.29 is 0 Å². The Labute approximate surface area is 165 Å². The lowest BCUT2D eigenvalue weighted by Gasteiger charge is -2.27. The highest BCUT2D eigenvalue weighted by Gasteiger charge is 2.13. The summed E-state index contributed by atoms with van der Waals surface area (Å²) in [4.78, 5) is 7.19. The van der Waals surface area contributed by atoms with E-state index in [-0.39, 0.29) is 0 Å². The van der Waals surface area contributed by atoms with E-state index >= 15 is 0 Å². The molecule has 2 aromatic carbocycles. The van der Waals surface area contributed by atoms with Crippen molar-refractivity contribution in [2.45, 2.75) is 17.3 Å². The van der Waals surface area contributed by atoms with Crippen molar-refractivity contribution in [1.82, 2.24) is 15.2 Å². The highest BCUT2D eigenvalue weighted by atomic mass is 32.2. The first-order chi connectivity index (χ1) is 13.4. The standard InChI is InChI=1S/C23H25N3S/c1-2-7-19(8-3-1)22-11-5-4-9-21(22)18-27-23-20(10-6-12-25-23)17-26-15-13-24-14-16-26/h1-12,24H,13-18H2. The third-order valence-corrected chi connectivity index (χ3v) is 6.02. The molecular formula is C23H25N3S. The molecule has 1 saturated heterocycles. The van der Waals surface area contributed by atoms with Crippen LogP contribution in [0.4, 0.5) is 0 Å². The fourth-order valence-electron chi connectivity index (χ4n) is 3.48. The van der Waals surface area contributed by atoms with Crippen molar-refractivity contribution in [3.63, 3.8) is 0 Å². The second-order valence-corrected chi connectivity index (χ2v) is 7.77. The molecule has 0 aliphatic carbocycles. The molecule has 0 atom stereocenters. The highest BCUT2D eigenvalue weighted by Crippen LogP contribution is 2.30. The molecule has 0 radical (unpaired) electrons. The number of pyridine rings is 1. The molecule has 4 rings (SSSR count). The van der Waals surface area contributed by atoms with Gasteiger partial charge < -0.3 is 5.32 Å². The molecule has 138 valence electrons. The summed E-state index contributed by atoms with van der Waals surface area (Å²) in [6, 6.07) is 23.6. The van der Waals surface area contributed by atoms with Gasteiger partial charge in [0.25, 0.3) is 0 Å². The Bertz CT molecular complexity index is 860. The van der Waals surface area contributed by atoms with Crippen LogP contribution in [0.1, 0.15) is 11.1 Å². The van der Waals surface area contributed by atoms with Crippen molar-refractivity contribution in [2.75, 3.05) is 26.2 Å². The topological polar surface area (TPSA) is 28.2 Å².